The fourth-order valence-corrected chi connectivity index (χ4v) is 2.72. The highest BCUT2D eigenvalue weighted by atomic mass is 19.1. The minimum absolute atomic E-state index is 0.127. The maximum absolute atomic E-state index is 14.4. The van der Waals surface area contributed by atoms with Crippen molar-refractivity contribution in [2.45, 2.75) is 6.42 Å². The van der Waals surface area contributed by atoms with Crippen LogP contribution in [0.1, 0.15) is 12.1 Å². The highest BCUT2D eigenvalue weighted by molar-refractivity contribution is 5.66. The van der Waals surface area contributed by atoms with Gasteiger partial charge in [0.05, 0.1) is 23.8 Å². The van der Waals surface area contributed by atoms with Gasteiger partial charge in [-0.1, -0.05) is 5.57 Å². The van der Waals surface area contributed by atoms with Gasteiger partial charge in [0.25, 0.3) is 0 Å². The van der Waals surface area contributed by atoms with Crippen LogP contribution in [0.25, 0.3) is 23.2 Å². The first-order valence-electron chi connectivity index (χ1n) is 7.82. The second-order valence-electron chi connectivity index (χ2n) is 5.73. The van der Waals surface area contributed by atoms with E-state index >= 15 is 0 Å². The summed E-state index contributed by atoms with van der Waals surface area (Å²) in [6.07, 6.45) is 9.06. The van der Waals surface area contributed by atoms with Gasteiger partial charge in [0.1, 0.15) is 17.3 Å². The predicted molar refractivity (Wildman–Crippen MR) is 89.5 cm³/mol. The monoisotopic (exact) mass is 338 g/mol. The smallest absolute Gasteiger partial charge is 0.185 e. The normalized spacial score (nSPS) is 15.8. The van der Waals surface area contributed by atoms with Gasteiger partial charge in [-0.25, -0.2) is 14.4 Å². The van der Waals surface area contributed by atoms with Crippen LogP contribution < -0.4 is 5.32 Å². The number of halogens is 1. The van der Waals surface area contributed by atoms with Gasteiger partial charge in [0.2, 0.25) is 0 Å². The number of aromatic hydroxyl groups is 1. The molecule has 1 aliphatic rings. The van der Waals surface area contributed by atoms with E-state index in [4.69, 9.17) is 0 Å². The van der Waals surface area contributed by atoms with Gasteiger partial charge < -0.3 is 15.0 Å². The van der Waals surface area contributed by atoms with Crippen LogP contribution in [0.4, 0.5) is 4.39 Å². The average Bonchev–Trinajstić information content (AvgIpc) is 3.31. The molecular weight excluding hydrogens is 323 g/mol. The number of nitrogens with zero attached hydrogens (tertiary/aromatic N) is 5. The van der Waals surface area contributed by atoms with E-state index < -0.39 is 5.82 Å². The zero-order valence-corrected chi connectivity index (χ0v) is 13.2. The quantitative estimate of drug-likeness (QED) is 0.759. The molecule has 3 heterocycles. The van der Waals surface area contributed by atoms with E-state index in [1.807, 2.05) is 6.08 Å². The van der Waals surface area contributed by atoms with Crippen LogP contribution in [0, 0.1) is 5.82 Å². The van der Waals surface area contributed by atoms with E-state index in [0.717, 1.165) is 19.5 Å². The van der Waals surface area contributed by atoms with E-state index in [2.05, 4.69) is 25.5 Å². The van der Waals surface area contributed by atoms with Crippen LogP contribution in [0.2, 0.25) is 0 Å². The van der Waals surface area contributed by atoms with Crippen LogP contribution in [-0.4, -0.2) is 42.9 Å². The fourth-order valence-electron chi connectivity index (χ4n) is 2.72. The van der Waals surface area contributed by atoms with E-state index in [9.17, 15) is 9.50 Å². The molecule has 0 atom stereocenters. The van der Waals surface area contributed by atoms with Crippen molar-refractivity contribution in [3.8, 4) is 22.8 Å². The number of hydrogen-bond donors (Lipinski definition) is 2. The summed E-state index contributed by atoms with van der Waals surface area (Å²) in [5.74, 6) is -0.476. The lowest BCUT2D eigenvalue weighted by Crippen LogP contribution is -2.04. The van der Waals surface area contributed by atoms with Crippen molar-refractivity contribution in [2.24, 2.45) is 0 Å². The second kappa shape index (κ2) is 6.40. The van der Waals surface area contributed by atoms with Gasteiger partial charge in [-0.05, 0) is 25.1 Å². The van der Waals surface area contributed by atoms with Crippen LogP contribution in [0.15, 0.2) is 42.6 Å². The Morgan fingerprint density at radius 2 is 2.20 bits per heavy atom. The van der Waals surface area contributed by atoms with E-state index in [-0.39, 0.29) is 22.8 Å². The molecule has 1 aliphatic heterocycles. The molecule has 7 nitrogen and oxygen atoms in total. The summed E-state index contributed by atoms with van der Waals surface area (Å²) in [4.78, 5) is 8.07. The van der Waals surface area contributed by atoms with Gasteiger partial charge in [-0.3, -0.25) is 0 Å². The number of hydrogen-bond acceptors (Lipinski definition) is 6. The lowest BCUT2D eigenvalue weighted by Gasteiger charge is -2.08. The molecule has 0 saturated carbocycles. The molecule has 0 unspecified atom stereocenters. The molecule has 0 aliphatic carbocycles. The Balaban J connectivity index is 1.65. The summed E-state index contributed by atoms with van der Waals surface area (Å²) in [5.41, 5.74) is 2.26. The SMILES string of the molecule is Oc1cc(-n2ccnc2)c(F)cc1-c1ncc(/C=C2\CCNC2)nn1. The molecule has 8 heteroatoms. The summed E-state index contributed by atoms with van der Waals surface area (Å²) < 4.78 is 15.9. The molecule has 25 heavy (non-hydrogen) atoms. The molecule has 1 aromatic carbocycles. The fraction of sp³-hybridized carbons (Fsp3) is 0.176. The van der Waals surface area contributed by atoms with Crippen LogP contribution >= 0.6 is 0 Å². The van der Waals surface area contributed by atoms with Crippen molar-refractivity contribution in [1.82, 2.24) is 30.0 Å². The van der Waals surface area contributed by atoms with Crippen LogP contribution in [0.5, 0.6) is 5.75 Å². The molecule has 2 aromatic heterocycles. The van der Waals surface area contributed by atoms with E-state index in [1.54, 1.807) is 12.4 Å². The summed E-state index contributed by atoms with van der Waals surface area (Å²) in [6.45, 7) is 1.80. The minimum Gasteiger partial charge on any atom is -0.507 e. The Labute approximate surface area is 142 Å². The van der Waals surface area contributed by atoms with Crippen LogP contribution in [0.3, 0.4) is 0 Å². The Kier molecular flexibility index (Phi) is 3.95. The number of phenols is 1. The zero-order chi connectivity index (χ0) is 17.2. The van der Waals surface area contributed by atoms with Gasteiger partial charge in [-0.2, -0.15) is 0 Å². The Bertz CT molecular complexity index is 913. The number of phenolic OH excluding ortho intramolecular Hbond substituents is 1. The second-order valence-corrected chi connectivity index (χ2v) is 5.73. The molecule has 4 rings (SSSR count). The Hall–Kier alpha value is -3.13. The van der Waals surface area contributed by atoms with Crippen LogP contribution in [-0.2, 0) is 0 Å². The number of benzene rings is 1. The summed E-state index contributed by atoms with van der Waals surface area (Å²) in [5, 5.41) is 21.6. The van der Waals surface area contributed by atoms with Gasteiger partial charge in [0.15, 0.2) is 5.82 Å². The summed E-state index contributed by atoms with van der Waals surface area (Å²) in [6, 6.07) is 2.51. The molecule has 0 bridgehead atoms. The zero-order valence-electron chi connectivity index (χ0n) is 13.2. The van der Waals surface area contributed by atoms with E-state index in [0.29, 0.717) is 5.69 Å². The first-order chi connectivity index (χ1) is 12.2. The van der Waals surface area contributed by atoms with Gasteiger partial charge in [-0.15, -0.1) is 10.2 Å². The third-order valence-electron chi connectivity index (χ3n) is 3.99. The molecule has 126 valence electrons. The number of imidazole rings is 1. The first-order valence-corrected chi connectivity index (χ1v) is 7.82. The number of rotatable bonds is 3. The molecule has 1 saturated heterocycles. The Morgan fingerprint density at radius 1 is 1.28 bits per heavy atom. The van der Waals surface area contributed by atoms with Crippen molar-refractivity contribution < 1.29 is 9.50 Å². The molecule has 0 amide bonds. The maximum atomic E-state index is 14.4. The highest BCUT2D eigenvalue weighted by Gasteiger charge is 2.15. The number of aromatic nitrogens is 5. The first kappa shape index (κ1) is 15.4. The van der Waals surface area contributed by atoms with Crippen molar-refractivity contribution in [3.63, 3.8) is 0 Å². The molecule has 3 aromatic rings. The molecule has 1 fully saturated rings. The van der Waals surface area contributed by atoms with E-state index in [1.165, 1.54) is 34.8 Å². The average molecular weight is 338 g/mol. The third kappa shape index (κ3) is 3.11. The number of nitrogens with one attached hydrogen (secondary N) is 1. The molecule has 0 spiro atoms. The lowest BCUT2D eigenvalue weighted by molar-refractivity contribution is 0.474. The standard InChI is InChI=1S/C17H15FN6O/c18-14-6-13(16(25)7-15(14)24-4-3-20-10-24)17-21-9-12(22-23-17)5-11-1-2-19-8-11/h3-7,9-10,19,25H,1-2,8H2/b11-5+. The summed E-state index contributed by atoms with van der Waals surface area (Å²) in [7, 11) is 0. The highest BCUT2D eigenvalue weighted by Crippen LogP contribution is 2.30. The van der Waals surface area contributed by atoms with Crippen molar-refractivity contribution in [3.05, 3.63) is 54.1 Å². The van der Waals surface area contributed by atoms with Crippen molar-refractivity contribution in [2.75, 3.05) is 13.1 Å². The lowest BCUT2D eigenvalue weighted by atomic mass is 10.1. The largest absolute Gasteiger partial charge is 0.507 e. The molecule has 0 radical (unpaired) electrons. The topological polar surface area (TPSA) is 88.8 Å². The minimum atomic E-state index is -0.516. The maximum Gasteiger partial charge on any atom is 0.185 e. The molecular formula is C17H15FN6O. The Morgan fingerprint density at radius 3 is 2.88 bits per heavy atom. The van der Waals surface area contributed by atoms with Crippen molar-refractivity contribution >= 4 is 6.08 Å². The van der Waals surface area contributed by atoms with Gasteiger partial charge in [0, 0.05) is 25.0 Å². The third-order valence-corrected chi connectivity index (χ3v) is 3.99. The van der Waals surface area contributed by atoms with Crippen molar-refractivity contribution in [1.29, 1.82) is 0 Å². The van der Waals surface area contributed by atoms with Gasteiger partial charge >= 0.3 is 0 Å². The summed E-state index contributed by atoms with van der Waals surface area (Å²) >= 11 is 0. The predicted octanol–water partition coefficient (Wildman–Crippen LogP) is 1.95. The molecule has 2 N–H and O–H groups in total.